The number of hydrogen-bond acceptors (Lipinski definition) is 6. The molecule has 11 aromatic carbocycles. The van der Waals surface area contributed by atoms with E-state index in [1.165, 1.54) is 15.6 Å². The minimum atomic E-state index is -3.50. The minimum Gasteiger partial charge on any atom is -0.457 e. The van der Waals surface area contributed by atoms with Crippen LogP contribution in [0.3, 0.4) is 0 Å². The number of fused-ring (bicyclic) bond motifs is 7. The highest BCUT2D eigenvalue weighted by Crippen LogP contribution is 2.51. The lowest BCUT2D eigenvalue weighted by atomic mass is 9.67. The van der Waals surface area contributed by atoms with Gasteiger partial charge in [-0.15, -0.1) is 0 Å². The second-order valence-electron chi connectivity index (χ2n) is 22.4. The molecule has 1 aliphatic rings. The molecule has 4 aromatic heterocycles. The highest BCUT2D eigenvalue weighted by molar-refractivity contribution is 7.20. The lowest BCUT2D eigenvalue weighted by Gasteiger charge is -2.43. The molecular weight excluding hydrogens is 1080 g/mol. The fraction of sp³-hybridized carbons (Fsp3) is 0.0385. The highest BCUT2D eigenvalue weighted by atomic mass is 28.3. The van der Waals surface area contributed by atoms with Crippen LogP contribution in [0.15, 0.2) is 309 Å². The molecule has 5 heterocycles. The van der Waals surface area contributed by atoms with E-state index >= 15 is 0 Å². The summed E-state index contributed by atoms with van der Waals surface area (Å²) in [7, 11) is -3.50. The second kappa shape index (κ2) is 21.5. The Hall–Kier alpha value is -11.1. The zero-order chi connectivity index (χ0) is 57.7. The number of aromatic nitrogens is 7. The number of rotatable bonds is 13. The summed E-state index contributed by atoms with van der Waals surface area (Å²) in [5.41, 5.74) is 13.6. The third kappa shape index (κ3) is 8.86. The molecule has 0 fully saturated rings. The SMILES string of the molecule is c1ccc(-c2cc(-c3ccccc3)nc(CC3(Cc4nc(-c5ccccc5)cc(-c5ccccc5)n4)c4ccccc4Oc4c3cccc4[Si](c3ccccc3)(c3ccccc3)c3cccc(-n4c5ccccc5n5c6ccccc6nc45)c3)n2)cc1. The number of nitrogens with zero attached hydrogens (tertiary/aromatic N) is 7. The number of imidazole rings is 2. The third-order valence-corrected chi connectivity index (χ3v) is 22.1. The molecule has 9 heteroatoms. The van der Waals surface area contributed by atoms with Crippen molar-refractivity contribution >= 4 is 56.7 Å². The topological polar surface area (TPSA) is 83.0 Å². The summed E-state index contributed by atoms with van der Waals surface area (Å²) in [5, 5.41) is 4.71. The van der Waals surface area contributed by atoms with E-state index < -0.39 is 13.5 Å². The predicted molar refractivity (Wildman–Crippen MR) is 354 cm³/mol. The van der Waals surface area contributed by atoms with Gasteiger partial charge in [-0.2, -0.15) is 0 Å². The molecule has 1 aliphatic heterocycles. The van der Waals surface area contributed by atoms with E-state index in [4.69, 9.17) is 29.7 Å². The standard InChI is InChI=1S/C78H55N7OSi/c1-7-27-54(28-8-1)65-50-66(55-29-9-2-10-30-55)80-74(79-65)52-78(53-75-81-67(56-31-11-3-12-32-56)51-68(82-75)57-33-13-4-14-34-57)62-41-19-24-47-72(62)86-76-63(78)42-26-48-73(76)87(59-36-15-5-16-37-59,60-38-17-6-18-39-60)61-40-25-35-58(49-61)84-70-45-22-23-46-71(70)85-69-44-21-20-43-64(69)83-77(84)85/h1-51H,52-53H2. The molecule has 15 aromatic rings. The first-order valence-corrected chi connectivity index (χ1v) is 31.6. The number of hydrogen-bond donors (Lipinski definition) is 0. The lowest BCUT2D eigenvalue weighted by Crippen LogP contribution is -2.75. The van der Waals surface area contributed by atoms with Gasteiger partial charge in [-0.25, -0.2) is 24.9 Å². The number of para-hydroxylation sites is 6. The average molecular weight is 1130 g/mol. The van der Waals surface area contributed by atoms with Crippen LogP contribution < -0.4 is 25.5 Å². The van der Waals surface area contributed by atoms with Crippen LogP contribution in [0.1, 0.15) is 22.8 Å². The summed E-state index contributed by atoms with van der Waals surface area (Å²) in [6.45, 7) is 0. The van der Waals surface area contributed by atoms with E-state index in [0.29, 0.717) is 24.5 Å². The maximum absolute atomic E-state index is 7.77. The van der Waals surface area contributed by atoms with E-state index in [1.807, 2.05) is 24.3 Å². The van der Waals surface area contributed by atoms with Crippen LogP contribution in [0.2, 0.25) is 0 Å². The van der Waals surface area contributed by atoms with Gasteiger partial charge in [0.2, 0.25) is 5.78 Å². The zero-order valence-electron chi connectivity index (χ0n) is 47.4. The van der Waals surface area contributed by atoms with Crippen LogP contribution in [-0.2, 0) is 18.3 Å². The van der Waals surface area contributed by atoms with Gasteiger partial charge < -0.3 is 4.74 Å². The molecule has 0 unspecified atom stereocenters. The molecule has 0 bridgehead atoms. The Morgan fingerprint density at radius 2 is 0.770 bits per heavy atom. The van der Waals surface area contributed by atoms with Crippen LogP contribution in [0.4, 0.5) is 0 Å². The Bertz CT molecular complexity index is 4730. The number of ether oxygens (including phenoxy) is 1. The van der Waals surface area contributed by atoms with E-state index in [1.54, 1.807) is 0 Å². The molecule has 87 heavy (non-hydrogen) atoms. The van der Waals surface area contributed by atoms with Crippen molar-refractivity contribution in [1.82, 2.24) is 33.9 Å². The molecule has 0 spiro atoms. The van der Waals surface area contributed by atoms with Crippen molar-refractivity contribution in [2.75, 3.05) is 0 Å². The van der Waals surface area contributed by atoms with Gasteiger partial charge in [0.1, 0.15) is 23.1 Å². The molecule has 0 radical (unpaired) electrons. The summed E-state index contributed by atoms with van der Waals surface area (Å²) in [5.74, 6) is 3.79. The van der Waals surface area contributed by atoms with Crippen LogP contribution in [-0.4, -0.2) is 42.0 Å². The van der Waals surface area contributed by atoms with Gasteiger partial charge in [0.05, 0.1) is 44.8 Å². The first-order valence-electron chi connectivity index (χ1n) is 29.6. The Morgan fingerprint density at radius 1 is 0.345 bits per heavy atom. The van der Waals surface area contributed by atoms with Crippen LogP contribution in [0.25, 0.3) is 78.6 Å². The van der Waals surface area contributed by atoms with Crippen molar-refractivity contribution in [2.24, 2.45) is 0 Å². The highest BCUT2D eigenvalue weighted by Gasteiger charge is 2.50. The first kappa shape index (κ1) is 51.5. The maximum Gasteiger partial charge on any atom is 0.220 e. The Kier molecular flexibility index (Phi) is 12.7. The molecule has 0 saturated carbocycles. The Morgan fingerprint density at radius 3 is 1.31 bits per heavy atom. The summed E-state index contributed by atoms with van der Waals surface area (Å²) < 4.78 is 12.4. The zero-order valence-corrected chi connectivity index (χ0v) is 48.4. The van der Waals surface area contributed by atoms with E-state index in [-0.39, 0.29) is 0 Å². The summed E-state index contributed by atoms with van der Waals surface area (Å²) >= 11 is 0. The second-order valence-corrected chi connectivity index (χ2v) is 26.2. The Labute approximate surface area is 505 Å². The van der Waals surface area contributed by atoms with Crippen LogP contribution in [0, 0.1) is 0 Å². The van der Waals surface area contributed by atoms with Crippen molar-refractivity contribution < 1.29 is 4.74 Å². The van der Waals surface area contributed by atoms with Crippen LogP contribution in [0.5, 0.6) is 11.5 Å². The normalized spacial score (nSPS) is 12.6. The number of benzene rings is 11. The van der Waals surface area contributed by atoms with Crippen LogP contribution >= 0.6 is 0 Å². The lowest BCUT2D eigenvalue weighted by molar-refractivity contribution is 0.380. The summed E-state index contributed by atoms with van der Waals surface area (Å²) in [6, 6.07) is 110. The molecule has 0 saturated heterocycles. The van der Waals surface area contributed by atoms with Gasteiger partial charge >= 0.3 is 0 Å². The van der Waals surface area contributed by atoms with Crippen molar-refractivity contribution in [3.05, 3.63) is 332 Å². The molecule has 0 atom stereocenters. The van der Waals surface area contributed by atoms with E-state index in [9.17, 15) is 0 Å². The predicted octanol–water partition coefficient (Wildman–Crippen LogP) is 14.9. The van der Waals surface area contributed by atoms with E-state index in [2.05, 4.69) is 294 Å². The van der Waals surface area contributed by atoms with Crippen molar-refractivity contribution in [1.29, 1.82) is 0 Å². The molecular formula is C78H55N7OSi. The van der Waals surface area contributed by atoms with E-state index in [0.717, 1.165) is 106 Å². The van der Waals surface area contributed by atoms with Gasteiger partial charge in [0, 0.05) is 57.3 Å². The molecule has 0 aliphatic carbocycles. The third-order valence-electron chi connectivity index (χ3n) is 17.3. The molecule has 16 rings (SSSR count). The van der Waals surface area contributed by atoms with Gasteiger partial charge in [0.15, 0.2) is 8.07 Å². The molecule has 412 valence electrons. The van der Waals surface area contributed by atoms with Crippen molar-refractivity contribution in [3.63, 3.8) is 0 Å². The van der Waals surface area contributed by atoms with Crippen molar-refractivity contribution in [2.45, 2.75) is 18.3 Å². The average Bonchev–Trinajstić information content (AvgIpc) is 1.31. The smallest absolute Gasteiger partial charge is 0.220 e. The molecule has 0 amide bonds. The Balaban J connectivity index is 0.989. The van der Waals surface area contributed by atoms with Gasteiger partial charge in [-0.3, -0.25) is 8.97 Å². The quantitative estimate of drug-likeness (QED) is 0.0845. The first-order chi connectivity index (χ1) is 43.1. The minimum absolute atomic E-state index is 0.375. The summed E-state index contributed by atoms with van der Waals surface area (Å²) in [4.78, 5) is 27.7. The summed E-state index contributed by atoms with van der Waals surface area (Å²) in [6.07, 6.45) is 0.750. The van der Waals surface area contributed by atoms with Gasteiger partial charge in [0.25, 0.3) is 0 Å². The van der Waals surface area contributed by atoms with Crippen molar-refractivity contribution in [3.8, 4) is 62.2 Å². The largest absolute Gasteiger partial charge is 0.457 e. The fourth-order valence-electron chi connectivity index (χ4n) is 13.5. The molecule has 8 nitrogen and oxygen atoms in total. The fourth-order valence-corrected chi connectivity index (χ4v) is 18.4. The maximum atomic E-state index is 7.77. The van der Waals surface area contributed by atoms with Gasteiger partial charge in [-0.1, -0.05) is 255 Å². The monoisotopic (exact) mass is 1130 g/mol. The van der Waals surface area contributed by atoms with Gasteiger partial charge in [-0.05, 0) is 75.3 Å². The molecule has 0 N–H and O–H groups in total.